The first-order chi connectivity index (χ1) is 7.69. The van der Waals surface area contributed by atoms with Crippen LogP contribution in [0.2, 0.25) is 0 Å². The molecule has 0 amide bonds. The summed E-state index contributed by atoms with van der Waals surface area (Å²) < 4.78 is 4.47. The van der Waals surface area contributed by atoms with E-state index in [0.717, 1.165) is 12.1 Å². The monoisotopic (exact) mass is 219 g/mol. The molecular formula is C12H13NO3. The molecule has 0 bridgehead atoms. The number of carbonyl (C=O) groups excluding carboxylic acids is 2. The summed E-state index contributed by atoms with van der Waals surface area (Å²) in [7, 11) is 0. The highest BCUT2D eigenvalue weighted by Crippen LogP contribution is 2.18. The number of nitrogens with zero attached hydrogens (tertiary/aromatic N) is 1. The molecule has 0 aliphatic carbocycles. The summed E-state index contributed by atoms with van der Waals surface area (Å²) in [5, 5.41) is 0. The number of cyclic esters (lactones) is 2. The molecular weight excluding hydrogens is 206 g/mol. The van der Waals surface area contributed by atoms with Crippen molar-refractivity contribution >= 4 is 17.6 Å². The number of anilines is 1. The molecule has 0 aromatic heterocycles. The topological polar surface area (TPSA) is 46.6 Å². The van der Waals surface area contributed by atoms with E-state index in [-0.39, 0.29) is 13.1 Å². The van der Waals surface area contributed by atoms with Crippen molar-refractivity contribution in [3.63, 3.8) is 0 Å². The standard InChI is InChI=1S/C12H13NO3/c1-2-9-4-3-5-10(6-9)13-7-11(14)16-12(15)8-13/h3-6H,2,7-8H2,1H3. The predicted molar refractivity (Wildman–Crippen MR) is 59.1 cm³/mol. The normalized spacial score (nSPS) is 16.2. The highest BCUT2D eigenvalue weighted by Gasteiger charge is 2.24. The molecule has 1 aliphatic heterocycles. The minimum absolute atomic E-state index is 0.138. The zero-order valence-electron chi connectivity index (χ0n) is 9.10. The number of hydrogen-bond acceptors (Lipinski definition) is 4. The van der Waals surface area contributed by atoms with Crippen LogP contribution in [-0.4, -0.2) is 25.0 Å². The molecule has 0 spiro atoms. The van der Waals surface area contributed by atoms with Gasteiger partial charge in [0.15, 0.2) is 0 Å². The molecule has 4 heteroatoms. The Morgan fingerprint density at radius 2 is 1.94 bits per heavy atom. The van der Waals surface area contributed by atoms with Crippen LogP contribution in [0.1, 0.15) is 12.5 Å². The first-order valence-corrected chi connectivity index (χ1v) is 5.26. The van der Waals surface area contributed by atoms with Crippen molar-refractivity contribution < 1.29 is 14.3 Å². The highest BCUT2D eigenvalue weighted by molar-refractivity contribution is 5.94. The number of aryl methyl sites for hydroxylation is 1. The van der Waals surface area contributed by atoms with E-state index in [9.17, 15) is 9.59 Å². The molecule has 1 aromatic carbocycles. The zero-order chi connectivity index (χ0) is 11.5. The van der Waals surface area contributed by atoms with E-state index < -0.39 is 11.9 Å². The molecule has 2 rings (SSSR count). The van der Waals surface area contributed by atoms with Gasteiger partial charge in [-0.3, -0.25) is 0 Å². The molecule has 0 unspecified atom stereocenters. The highest BCUT2D eigenvalue weighted by atomic mass is 16.6. The predicted octanol–water partition coefficient (Wildman–Crippen LogP) is 1.14. The van der Waals surface area contributed by atoms with Gasteiger partial charge in [-0.05, 0) is 24.1 Å². The van der Waals surface area contributed by atoms with Gasteiger partial charge in [0.05, 0.1) is 0 Å². The number of hydrogen-bond donors (Lipinski definition) is 0. The van der Waals surface area contributed by atoms with Crippen LogP contribution < -0.4 is 4.90 Å². The van der Waals surface area contributed by atoms with Crippen LogP contribution in [0.15, 0.2) is 24.3 Å². The maximum Gasteiger partial charge on any atom is 0.333 e. The summed E-state index contributed by atoms with van der Waals surface area (Å²) in [6.45, 7) is 2.34. The Hall–Kier alpha value is -1.84. The first kappa shape index (κ1) is 10.7. The second-order valence-corrected chi connectivity index (χ2v) is 3.73. The van der Waals surface area contributed by atoms with Crippen LogP contribution in [-0.2, 0) is 20.7 Å². The average Bonchev–Trinajstić information content (AvgIpc) is 2.28. The van der Waals surface area contributed by atoms with E-state index in [4.69, 9.17) is 0 Å². The van der Waals surface area contributed by atoms with E-state index in [0.29, 0.717) is 0 Å². The molecule has 1 saturated heterocycles. The summed E-state index contributed by atoms with van der Waals surface area (Å²) in [6, 6.07) is 7.84. The van der Waals surface area contributed by atoms with E-state index in [1.807, 2.05) is 24.3 Å². The lowest BCUT2D eigenvalue weighted by Crippen LogP contribution is -2.42. The zero-order valence-corrected chi connectivity index (χ0v) is 9.10. The first-order valence-electron chi connectivity index (χ1n) is 5.26. The minimum atomic E-state index is -0.488. The Balaban J connectivity index is 2.22. The lowest BCUT2D eigenvalue weighted by Gasteiger charge is -2.26. The second-order valence-electron chi connectivity index (χ2n) is 3.73. The van der Waals surface area contributed by atoms with Crippen LogP contribution in [0.3, 0.4) is 0 Å². The second kappa shape index (κ2) is 4.35. The largest absolute Gasteiger partial charge is 0.390 e. The molecule has 1 aromatic rings. The Bertz CT molecular complexity index is 412. The fourth-order valence-corrected chi connectivity index (χ4v) is 1.71. The number of benzene rings is 1. The van der Waals surface area contributed by atoms with Gasteiger partial charge >= 0.3 is 11.9 Å². The lowest BCUT2D eigenvalue weighted by atomic mass is 10.1. The maximum absolute atomic E-state index is 11.1. The van der Waals surface area contributed by atoms with E-state index >= 15 is 0 Å². The summed E-state index contributed by atoms with van der Waals surface area (Å²) in [4.78, 5) is 24.0. The molecule has 1 heterocycles. The van der Waals surface area contributed by atoms with Gasteiger partial charge in [0.25, 0.3) is 0 Å². The van der Waals surface area contributed by atoms with Crippen molar-refractivity contribution in [2.24, 2.45) is 0 Å². The smallest absolute Gasteiger partial charge is 0.333 e. The van der Waals surface area contributed by atoms with E-state index in [2.05, 4.69) is 11.7 Å². The van der Waals surface area contributed by atoms with Gasteiger partial charge in [-0.2, -0.15) is 0 Å². The molecule has 84 valence electrons. The SMILES string of the molecule is CCc1cccc(N2CC(=O)OC(=O)C2)c1. The Kier molecular flexibility index (Phi) is 2.90. The van der Waals surface area contributed by atoms with Crippen molar-refractivity contribution in [1.82, 2.24) is 0 Å². The number of carbonyl (C=O) groups is 2. The van der Waals surface area contributed by atoms with Crippen molar-refractivity contribution in [3.8, 4) is 0 Å². The van der Waals surface area contributed by atoms with Gasteiger partial charge in [0.1, 0.15) is 13.1 Å². The van der Waals surface area contributed by atoms with Gasteiger partial charge in [-0.25, -0.2) is 9.59 Å². The Morgan fingerprint density at radius 1 is 1.25 bits per heavy atom. The fourth-order valence-electron chi connectivity index (χ4n) is 1.71. The molecule has 1 aliphatic rings. The van der Waals surface area contributed by atoms with E-state index in [1.54, 1.807) is 4.90 Å². The van der Waals surface area contributed by atoms with Gasteiger partial charge in [0.2, 0.25) is 0 Å². The van der Waals surface area contributed by atoms with Gasteiger partial charge in [-0.1, -0.05) is 19.1 Å². The summed E-state index contributed by atoms with van der Waals surface area (Å²) >= 11 is 0. The summed E-state index contributed by atoms with van der Waals surface area (Å²) in [6.07, 6.45) is 0.931. The minimum Gasteiger partial charge on any atom is -0.390 e. The third-order valence-electron chi connectivity index (χ3n) is 2.55. The Labute approximate surface area is 93.8 Å². The molecule has 0 atom stereocenters. The average molecular weight is 219 g/mol. The third kappa shape index (κ3) is 2.21. The van der Waals surface area contributed by atoms with Gasteiger partial charge < -0.3 is 9.64 Å². The van der Waals surface area contributed by atoms with Crippen LogP contribution in [0, 0.1) is 0 Å². The number of esters is 2. The quantitative estimate of drug-likeness (QED) is 0.552. The number of rotatable bonds is 2. The molecule has 0 radical (unpaired) electrons. The molecule has 1 fully saturated rings. The summed E-state index contributed by atoms with van der Waals surface area (Å²) in [5.41, 5.74) is 2.08. The third-order valence-corrected chi connectivity index (χ3v) is 2.55. The van der Waals surface area contributed by atoms with Crippen molar-refractivity contribution in [3.05, 3.63) is 29.8 Å². The van der Waals surface area contributed by atoms with Gasteiger partial charge in [0, 0.05) is 5.69 Å². The molecule has 4 nitrogen and oxygen atoms in total. The molecule has 0 saturated carbocycles. The van der Waals surface area contributed by atoms with Crippen molar-refractivity contribution in [2.75, 3.05) is 18.0 Å². The van der Waals surface area contributed by atoms with Crippen molar-refractivity contribution in [1.29, 1.82) is 0 Å². The molecule has 0 N–H and O–H groups in total. The van der Waals surface area contributed by atoms with Crippen LogP contribution in [0.25, 0.3) is 0 Å². The number of morpholine rings is 1. The summed E-state index contributed by atoms with van der Waals surface area (Å²) in [5.74, 6) is -0.976. The lowest BCUT2D eigenvalue weighted by molar-refractivity contribution is -0.160. The molecule has 16 heavy (non-hydrogen) atoms. The maximum atomic E-state index is 11.1. The number of ether oxygens (including phenoxy) is 1. The fraction of sp³-hybridized carbons (Fsp3) is 0.333. The van der Waals surface area contributed by atoms with E-state index in [1.165, 1.54) is 5.56 Å². The van der Waals surface area contributed by atoms with Gasteiger partial charge in [-0.15, -0.1) is 0 Å². The van der Waals surface area contributed by atoms with Crippen LogP contribution in [0.5, 0.6) is 0 Å². The Morgan fingerprint density at radius 3 is 2.56 bits per heavy atom. The van der Waals surface area contributed by atoms with Crippen LogP contribution in [0.4, 0.5) is 5.69 Å². The van der Waals surface area contributed by atoms with Crippen molar-refractivity contribution in [2.45, 2.75) is 13.3 Å². The van der Waals surface area contributed by atoms with Crippen LogP contribution >= 0.6 is 0 Å².